The van der Waals surface area contributed by atoms with Gasteiger partial charge in [-0.1, -0.05) is 24.3 Å². The fourth-order valence-corrected chi connectivity index (χ4v) is 5.90. The highest BCUT2D eigenvalue weighted by atomic mass is 32.3. The van der Waals surface area contributed by atoms with Crippen LogP contribution in [0.4, 0.5) is 3.89 Å². The standard InChI is InChI=1S/C29H36FN5O7S/c1-17(31-2)26(36)34-23(16-32-27(37)21-15-19(43(30,40)41)11-13-25(21)42-3)29(39)35-14-6-9-24(35)28(38)33-22-12-10-18-7-4-5-8-20(18)22/h4-5,7-8,11,13,15,17,22-24,31H,6,9-10,12,14,16H2,1-3H3,(H,32,37)(H,33,38)(H,34,36)/t17-,22+,23-,24-/m0/s1. The molecule has 0 aromatic heterocycles. The van der Waals surface area contributed by atoms with Crippen molar-refractivity contribution in [3.63, 3.8) is 0 Å². The van der Waals surface area contributed by atoms with Crippen LogP contribution in [-0.4, -0.2) is 82.3 Å². The Morgan fingerprint density at radius 1 is 1.12 bits per heavy atom. The maximum absolute atomic E-state index is 13.8. The minimum Gasteiger partial charge on any atom is -0.496 e. The van der Waals surface area contributed by atoms with Gasteiger partial charge in [0.05, 0.1) is 29.7 Å². The molecule has 1 aliphatic carbocycles. The van der Waals surface area contributed by atoms with Crippen molar-refractivity contribution < 1.29 is 36.2 Å². The van der Waals surface area contributed by atoms with Gasteiger partial charge in [-0.3, -0.25) is 19.2 Å². The molecule has 0 bridgehead atoms. The van der Waals surface area contributed by atoms with E-state index in [4.69, 9.17) is 4.74 Å². The monoisotopic (exact) mass is 617 g/mol. The summed E-state index contributed by atoms with van der Waals surface area (Å²) in [5.41, 5.74) is 1.95. The fraction of sp³-hybridized carbons (Fsp3) is 0.448. The largest absolute Gasteiger partial charge is 0.496 e. The van der Waals surface area contributed by atoms with E-state index in [9.17, 15) is 31.5 Å². The van der Waals surface area contributed by atoms with Gasteiger partial charge >= 0.3 is 10.2 Å². The zero-order chi connectivity index (χ0) is 31.3. The number of amides is 4. The van der Waals surface area contributed by atoms with Crippen LogP contribution in [0.25, 0.3) is 0 Å². The van der Waals surface area contributed by atoms with Gasteiger partial charge in [-0.05, 0) is 69.0 Å². The maximum atomic E-state index is 13.8. The number of hydrogen-bond donors (Lipinski definition) is 4. The Bertz CT molecular complexity index is 1500. The first kappa shape index (κ1) is 31.9. The van der Waals surface area contributed by atoms with E-state index in [1.807, 2.05) is 24.3 Å². The number of benzene rings is 2. The molecule has 4 atom stereocenters. The fourth-order valence-electron chi connectivity index (χ4n) is 5.41. The molecular formula is C29H36FN5O7S. The summed E-state index contributed by atoms with van der Waals surface area (Å²) in [7, 11) is -2.28. The van der Waals surface area contributed by atoms with Crippen molar-refractivity contribution in [2.45, 2.75) is 61.7 Å². The molecule has 0 spiro atoms. The van der Waals surface area contributed by atoms with Crippen LogP contribution in [-0.2, 0) is 31.0 Å². The van der Waals surface area contributed by atoms with E-state index in [0.717, 1.165) is 36.6 Å². The molecule has 2 aromatic carbocycles. The van der Waals surface area contributed by atoms with Crippen LogP contribution in [0.2, 0.25) is 0 Å². The summed E-state index contributed by atoms with van der Waals surface area (Å²) in [5.74, 6) is -2.24. The second-order valence-corrected chi connectivity index (χ2v) is 11.9. The summed E-state index contributed by atoms with van der Waals surface area (Å²) in [4.78, 5) is 53.7. The lowest BCUT2D eigenvalue weighted by Gasteiger charge is -2.30. The summed E-state index contributed by atoms with van der Waals surface area (Å²) < 4.78 is 41.5. The number of nitrogens with one attached hydrogen (secondary N) is 4. The second-order valence-electron chi connectivity index (χ2n) is 10.6. The summed E-state index contributed by atoms with van der Waals surface area (Å²) in [5, 5.41) is 11.0. The van der Waals surface area contributed by atoms with E-state index in [0.29, 0.717) is 12.8 Å². The van der Waals surface area contributed by atoms with Gasteiger partial charge in [0.1, 0.15) is 17.8 Å². The topological polar surface area (TPSA) is 163 Å². The summed E-state index contributed by atoms with van der Waals surface area (Å²) in [6.07, 6.45) is 2.61. The summed E-state index contributed by atoms with van der Waals surface area (Å²) in [6.45, 7) is 1.48. The Labute approximate surface area is 249 Å². The predicted octanol–water partition coefficient (Wildman–Crippen LogP) is 0.971. The molecule has 1 heterocycles. The van der Waals surface area contributed by atoms with E-state index in [-0.39, 0.29) is 29.8 Å². The van der Waals surface area contributed by atoms with Crippen molar-refractivity contribution in [1.82, 2.24) is 26.2 Å². The van der Waals surface area contributed by atoms with E-state index in [1.54, 1.807) is 14.0 Å². The SMILES string of the molecule is CN[C@@H](C)C(=O)N[C@@H](CNC(=O)c1cc(S(=O)(=O)F)ccc1OC)C(=O)N1CCC[C@H]1C(=O)N[C@@H]1CCc2ccccc21. The van der Waals surface area contributed by atoms with Crippen molar-refractivity contribution in [1.29, 1.82) is 0 Å². The average Bonchev–Trinajstić information content (AvgIpc) is 3.65. The van der Waals surface area contributed by atoms with Gasteiger partial charge in [0.2, 0.25) is 17.7 Å². The molecule has 4 rings (SSSR count). The zero-order valence-electron chi connectivity index (χ0n) is 24.2. The number of halogens is 1. The quantitative estimate of drug-likeness (QED) is 0.271. The number of aryl methyl sites for hydroxylation is 1. The Morgan fingerprint density at radius 2 is 1.86 bits per heavy atom. The molecule has 14 heteroatoms. The minimum absolute atomic E-state index is 0.0228. The number of carbonyl (C=O) groups is 4. The van der Waals surface area contributed by atoms with Crippen molar-refractivity contribution in [3.05, 3.63) is 59.2 Å². The lowest BCUT2D eigenvalue weighted by Crippen LogP contribution is -2.58. The molecule has 1 saturated heterocycles. The molecule has 12 nitrogen and oxygen atoms in total. The van der Waals surface area contributed by atoms with Crippen LogP contribution < -0.4 is 26.0 Å². The molecule has 4 N–H and O–H groups in total. The van der Waals surface area contributed by atoms with E-state index in [1.165, 1.54) is 17.6 Å². The number of methoxy groups -OCH3 is 1. The first-order valence-electron chi connectivity index (χ1n) is 14.0. The smallest absolute Gasteiger partial charge is 0.332 e. The number of likely N-dealkylation sites (tertiary alicyclic amines) is 1. The average molecular weight is 618 g/mol. The van der Waals surface area contributed by atoms with Gasteiger partial charge in [0, 0.05) is 13.1 Å². The minimum atomic E-state index is -5.11. The van der Waals surface area contributed by atoms with Gasteiger partial charge in [-0.15, -0.1) is 3.89 Å². The van der Waals surface area contributed by atoms with Crippen LogP contribution >= 0.6 is 0 Å². The predicted molar refractivity (Wildman–Crippen MR) is 154 cm³/mol. The Kier molecular flexibility index (Phi) is 10.0. The lowest BCUT2D eigenvalue weighted by molar-refractivity contribution is -0.141. The third kappa shape index (κ3) is 7.31. The van der Waals surface area contributed by atoms with Gasteiger partial charge in [0.15, 0.2) is 0 Å². The van der Waals surface area contributed by atoms with Gasteiger partial charge in [0.25, 0.3) is 5.91 Å². The van der Waals surface area contributed by atoms with Crippen molar-refractivity contribution in [2.75, 3.05) is 27.2 Å². The van der Waals surface area contributed by atoms with Gasteiger partial charge < -0.3 is 30.9 Å². The molecule has 0 saturated carbocycles. The summed E-state index contributed by atoms with van der Waals surface area (Å²) >= 11 is 0. The van der Waals surface area contributed by atoms with Crippen LogP contribution in [0.5, 0.6) is 5.75 Å². The van der Waals surface area contributed by atoms with E-state index >= 15 is 0 Å². The highest BCUT2D eigenvalue weighted by Crippen LogP contribution is 2.31. The first-order chi connectivity index (χ1) is 20.4. The van der Waals surface area contributed by atoms with Crippen LogP contribution in [0, 0.1) is 0 Å². The van der Waals surface area contributed by atoms with Crippen molar-refractivity contribution in [3.8, 4) is 5.75 Å². The molecule has 4 amide bonds. The van der Waals surface area contributed by atoms with E-state index in [2.05, 4.69) is 21.3 Å². The number of carbonyl (C=O) groups excluding carboxylic acids is 4. The zero-order valence-corrected chi connectivity index (χ0v) is 25.0. The molecule has 2 aromatic rings. The van der Waals surface area contributed by atoms with Crippen LogP contribution in [0.3, 0.4) is 0 Å². The molecular weight excluding hydrogens is 581 g/mol. The Hall–Kier alpha value is -4.04. The third-order valence-corrected chi connectivity index (χ3v) is 8.71. The van der Waals surface area contributed by atoms with Crippen LogP contribution in [0.1, 0.15) is 53.7 Å². The molecule has 1 aliphatic heterocycles. The third-order valence-electron chi connectivity index (χ3n) is 7.89. The lowest BCUT2D eigenvalue weighted by atomic mass is 10.1. The highest BCUT2D eigenvalue weighted by Gasteiger charge is 2.39. The highest BCUT2D eigenvalue weighted by molar-refractivity contribution is 7.86. The molecule has 43 heavy (non-hydrogen) atoms. The number of rotatable bonds is 11. The molecule has 1 fully saturated rings. The Morgan fingerprint density at radius 3 is 2.56 bits per heavy atom. The molecule has 232 valence electrons. The molecule has 0 radical (unpaired) electrons. The normalized spacial score (nSPS) is 19.2. The number of hydrogen-bond acceptors (Lipinski definition) is 8. The molecule has 2 aliphatic rings. The number of ether oxygens (including phenoxy) is 1. The second kappa shape index (κ2) is 13.5. The first-order valence-corrected chi connectivity index (χ1v) is 15.4. The van der Waals surface area contributed by atoms with Gasteiger partial charge in [-0.2, -0.15) is 8.42 Å². The summed E-state index contributed by atoms with van der Waals surface area (Å²) in [6, 6.07) is 7.96. The van der Waals surface area contributed by atoms with Gasteiger partial charge in [-0.25, -0.2) is 0 Å². The maximum Gasteiger partial charge on any atom is 0.332 e. The number of likely N-dealkylation sites (N-methyl/N-ethyl adjacent to an activating group) is 1. The number of fused-ring (bicyclic) bond motifs is 1. The number of nitrogens with zero attached hydrogens (tertiary/aromatic N) is 1. The van der Waals surface area contributed by atoms with Crippen molar-refractivity contribution in [2.24, 2.45) is 0 Å². The van der Waals surface area contributed by atoms with Crippen LogP contribution in [0.15, 0.2) is 47.4 Å². The molecule has 0 unspecified atom stereocenters. The van der Waals surface area contributed by atoms with Crippen molar-refractivity contribution >= 4 is 33.9 Å². The van der Waals surface area contributed by atoms with E-state index < -0.39 is 57.5 Å². The Balaban J connectivity index is 1.51.